The Balaban J connectivity index is 1.65. The average Bonchev–Trinajstić information content (AvgIpc) is 2.89. The van der Waals surface area contributed by atoms with Crippen molar-refractivity contribution in [1.82, 2.24) is 10.2 Å². The largest absolute Gasteiger partial charge is 0.311 e. The zero-order valence-electron chi connectivity index (χ0n) is 13.9. The molecule has 0 aromatic heterocycles. The molecule has 2 heteroatoms. The van der Waals surface area contributed by atoms with Gasteiger partial charge >= 0.3 is 0 Å². The Morgan fingerprint density at radius 1 is 1.24 bits per heavy atom. The second kappa shape index (κ2) is 6.50. The van der Waals surface area contributed by atoms with Gasteiger partial charge in [-0.15, -0.1) is 0 Å². The molecule has 21 heavy (non-hydrogen) atoms. The van der Waals surface area contributed by atoms with Gasteiger partial charge in [-0.1, -0.05) is 32.0 Å². The van der Waals surface area contributed by atoms with Crippen LogP contribution in [0.2, 0.25) is 0 Å². The highest BCUT2D eigenvalue weighted by atomic mass is 15.2. The van der Waals surface area contributed by atoms with Crippen LogP contribution in [0.15, 0.2) is 18.2 Å². The third-order valence-electron chi connectivity index (χ3n) is 5.08. The Morgan fingerprint density at radius 2 is 2.05 bits per heavy atom. The van der Waals surface area contributed by atoms with Crippen LogP contribution >= 0.6 is 0 Å². The van der Waals surface area contributed by atoms with E-state index in [9.17, 15) is 0 Å². The van der Waals surface area contributed by atoms with Crippen LogP contribution in [0.1, 0.15) is 50.3 Å². The fraction of sp³-hybridized carbons (Fsp3) is 0.684. The van der Waals surface area contributed by atoms with Crippen molar-refractivity contribution in [3.63, 3.8) is 0 Å². The van der Waals surface area contributed by atoms with E-state index >= 15 is 0 Å². The van der Waals surface area contributed by atoms with E-state index in [4.69, 9.17) is 0 Å². The number of aryl methyl sites for hydroxylation is 2. The Morgan fingerprint density at radius 3 is 2.86 bits per heavy atom. The first-order valence-electron chi connectivity index (χ1n) is 8.70. The SMILES string of the molecule is CC(C)CC1CN(Cc2ccc3c(c2)CCC3)C(C)CN1. The lowest BCUT2D eigenvalue weighted by atomic mass is 9.99. The minimum Gasteiger partial charge on any atom is -0.311 e. The van der Waals surface area contributed by atoms with Crippen molar-refractivity contribution in [2.75, 3.05) is 13.1 Å². The molecule has 2 aliphatic rings. The fourth-order valence-corrected chi connectivity index (χ4v) is 3.90. The molecular weight excluding hydrogens is 256 g/mol. The van der Waals surface area contributed by atoms with Gasteiger partial charge in [0.05, 0.1) is 0 Å². The van der Waals surface area contributed by atoms with Crippen LogP contribution in [0.25, 0.3) is 0 Å². The summed E-state index contributed by atoms with van der Waals surface area (Å²) in [5, 5.41) is 3.72. The molecular formula is C19H30N2. The smallest absolute Gasteiger partial charge is 0.0237 e. The minimum atomic E-state index is 0.640. The predicted octanol–water partition coefficient (Wildman–Crippen LogP) is 3.38. The van der Waals surface area contributed by atoms with Crippen molar-refractivity contribution < 1.29 is 0 Å². The van der Waals surface area contributed by atoms with Gasteiger partial charge in [-0.05, 0) is 55.2 Å². The molecule has 1 aliphatic carbocycles. The van der Waals surface area contributed by atoms with Gasteiger partial charge in [0.2, 0.25) is 0 Å². The molecule has 0 radical (unpaired) electrons. The third-order valence-corrected chi connectivity index (χ3v) is 5.08. The van der Waals surface area contributed by atoms with Gasteiger partial charge in [-0.3, -0.25) is 4.90 Å². The Hall–Kier alpha value is -0.860. The van der Waals surface area contributed by atoms with Crippen molar-refractivity contribution in [2.24, 2.45) is 5.92 Å². The number of hydrogen-bond donors (Lipinski definition) is 1. The molecule has 1 aromatic rings. The molecule has 1 saturated heterocycles. The maximum atomic E-state index is 3.72. The molecule has 1 aliphatic heterocycles. The number of hydrogen-bond acceptors (Lipinski definition) is 2. The topological polar surface area (TPSA) is 15.3 Å². The highest BCUT2D eigenvalue weighted by molar-refractivity contribution is 5.35. The van der Waals surface area contributed by atoms with Crippen molar-refractivity contribution in [3.05, 3.63) is 34.9 Å². The first-order valence-corrected chi connectivity index (χ1v) is 8.70. The van der Waals surface area contributed by atoms with Gasteiger partial charge in [0.25, 0.3) is 0 Å². The Kier molecular flexibility index (Phi) is 4.66. The lowest BCUT2D eigenvalue weighted by Crippen LogP contribution is -2.55. The summed E-state index contributed by atoms with van der Waals surface area (Å²) in [5.74, 6) is 0.776. The zero-order valence-corrected chi connectivity index (χ0v) is 13.9. The summed E-state index contributed by atoms with van der Waals surface area (Å²) in [5.41, 5.74) is 4.70. The summed E-state index contributed by atoms with van der Waals surface area (Å²) in [6, 6.07) is 8.50. The molecule has 1 N–H and O–H groups in total. The van der Waals surface area contributed by atoms with E-state index in [0.717, 1.165) is 19.0 Å². The number of benzene rings is 1. The van der Waals surface area contributed by atoms with Crippen LogP contribution < -0.4 is 5.32 Å². The quantitative estimate of drug-likeness (QED) is 0.913. The van der Waals surface area contributed by atoms with Crippen LogP contribution in [-0.4, -0.2) is 30.1 Å². The summed E-state index contributed by atoms with van der Waals surface area (Å²) in [6.07, 6.45) is 5.21. The van der Waals surface area contributed by atoms with Crippen molar-refractivity contribution in [1.29, 1.82) is 0 Å². The summed E-state index contributed by atoms with van der Waals surface area (Å²) in [4.78, 5) is 2.67. The standard InChI is InChI=1S/C19H30N2/c1-14(2)9-19-13-21(15(3)11-20-19)12-16-7-8-17-5-4-6-18(17)10-16/h7-8,10,14-15,19-20H,4-6,9,11-13H2,1-3H3. The van der Waals surface area contributed by atoms with Crippen LogP contribution in [-0.2, 0) is 19.4 Å². The molecule has 0 amide bonds. The fourth-order valence-electron chi connectivity index (χ4n) is 3.90. The monoisotopic (exact) mass is 286 g/mol. The van der Waals surface area contributed by atoms with Gasteiger partial charge in [-0.25, -0.2) is 0 Å². The second-order valence-electron chi connectivity index (χ2n) is 7.47. The van der Waals surface area contributed by atoms with Gasteiger partial charge in [-0.2, -0.15) is 0 Å². The van der Waals surface area contributed by atoms with Crippen LogP contribution in [0.4, 0.5) is 0 Å². The van der Waals surface area contributed by atoms with E-state index in [2.05, 4.69) is 49.2 Å². The van der Waals surface area contributed by atoms with Crippen LogP contribution in [0, 0.1) is 5.92 Å². The summed E-state index contributed by atoms with van der Waals surface area (Å²) >= 11 is 0. The molecule has 2 atom stereocenters. The number of nitrogens with zero attached hydrogens (tertiary/aromatic N) is 1. The molecule has 1 fully saturated rings. The highest BCUT2D eigenvalue weighted by Gasteiger charge is 2.25. The lowest BCUT2D eigenvalue weighted by molar-refractivity contribution is 0.125. The predicted molar refractivity (Wildman–Crippen MR) is 89.6 cm³/mol. The number of piperazine rings is 1. The molecule has 1 aromatic carbocycles. The van der Waals surface area contributed by atoms with Gasteiger partial charge in [0.15, 0.2) is 0 Å². The van der Waals surface area contributed by atoms with E-state index in [1.54, 1.807) is 11.1 Å². The number of nitrogens with one attached hydrogen (secondary N) is 1. The van der Waals surface area contributed by atoms with Gasteiger partial charge in [0, 0.05) is 31.7 Å². The van der Waals surface area contributed by atoms with Crippen LogP contribution in [0.3, 0.4) is 0 Å². The summed E-state index contributed by atoms with van der Waals surface area (Å²) in [7, 11) is 0. The van der Waals surface area contributed by atoms with Crippen molar-refractivity contribution in [2.45, 2.75) is 65.1 Å². The maximum absolute atomic E-state index is 3.72. The highest BCUT2D eigenvalue weighted by Crippen LogP contribution is 2.24. The van der Waals surface area contributed by atoms with E-state index in [0.29, 0.717) is 12.1 Å². The lowest BCUT2D eigenvalue weighted by Gasteiger charge is -2.39. The van der Waals surface area contributed by atoms with Crippen molar-refractivity contribution in [3.8, 4) is 0 Å². The molecule has 2 nitrogen and oxygen atoms in total. The molecule has 0 bridgehead atoms. The summed E-state index contributed by atoms with van der Waals surface area (Å²) in [6.45, 7) is 10.4. The zero-order chi connectivity index (χ0) is 14.8. The molecule has 116 valence electrons. The minimum absolute atomic E-state index is 0.640. The molecule has 3 rings (SSSR count). The average molecular weight is 286 g/mol. The van der Waals surface area contributed by atoms with E-state index < -0.39 is 0 Å². The first-order chi connectivity index (χ1) is 10.1. The van der Waals surface area contributed by atoms with E-state index in [1.165, 1.54) is 37.8 Å². The number of rotatable bonds is 4. The van der Waals surface area contributed by atoms with Gasteiger partial charge in [0.1, 0.15) is 0 Å². The second-order valence-corrected chi connectivity index (χ2v) is 7.47. The van der Waals surface area contributed by atoms with Crippen molar-refractivity contribution >= 4 is 0 Å². The molecule has 2 unspecified atom stereocenters. The maximum Gasteiger partial charge on any atom is 0.0237 e. The van der Waals surface area contributed by atoms with E-state index in [1.807, 2.05) is 0 Å². The third kappa shape index (κ3) is 3.67. The van der Waals surface area contributed by atoms with Gasteiger partial charge < -0.3 is 5.32 Å². The normalized spacial score (nSPS) is 26.3. The molecule has 1 heterocycles. The first kappa shape index (κ1) is 15.1. The number of fused-ring (bicyclic) bond motifs is 1. The Labute approximate surface area is 129 Å². The Bertz CT molecular complexity index is 480. The molecule has 0 spiro atoms. The van der Waals surface area contributed by atoms with Crippen LogP contribution in [0.5, 0.6) is 0 Å². The summed E-state index contributed by atoms with van der Waals surface area (Å²) < 4.78 is 0. The molecule has 0 saturated carbocycles. The van der Waals surface area contributed by atoms with E-state index in [-0.39, 0.29) is 0 Å².